The molecule has 146 valence electrons. The van der Waals surface area contributed by atoms with Gasteiger partial charge in [0.15, 0.2) is 11.5 Å². The molecule has 3 rings (SSSR count). The normalized spacial score (nSPS) is 15.1. The lowest BCUT2D eigenvalue weighted by atomic mass is 9.81. The van der Waals surface area contributed by atoms with Crippen molar-refractivity contribution in [2.45, 2.75) is 72.6 Å². The molecule has 1 aliphatic heterocycles. The van der Waals surface area contributed by atoms with Crippen molar-refractivity contribution in [3.05, 3.63) is 57.6 Å². The van der Waals surface area contributed by atoms with Crippen LogP contribution in [0.1, 0.15) is 74.9 Å². The molecule has 0 bridgehead atoms. The predicted octanol–water partition coefficient (Wildman–Crippen LogP) is 5.84. The number of aryl methyl sites for hydroxylation is 2. The predicted molar refractivity (Wildman–Crippen MR) is 112 cm³/mol. The highest BCUT2D eigenvalue weighted by molar-refractivity contribution is 7.76. The molecule has 1 heterocycles. The molecular formula is C23H30O3S. The first-order valence-electron chi connectivity index (χ1n) is 9.42. The highest BCUT2D eigenvalue weighted by Gasteiger charge is 2.30. The number of rotatable bonds is 0. The Morgan fingerprint density at radius 2 is 1.11 bits per heavy atom. The van der Waals surface area contributed by atoms with E-state index in [0.717, 1.165) is 22.3 Å². The molecule has 0 spiro atoms. The quantitative estimate of drug-likeness (QED) is 0.571. The van der Waals surface area contributed by atoms with E-state index in [1.54, 1.807) is 0 Å². The fraction of sp³-hybridized carbons (Fsp3) is 0.478. The van der Waals surface area contributed by atoms with Crippen molar-refractivity contribution in [1.29, 1.82) is 0 Å². The van der Waals surface area contributed by atoms with Gasteiger partial charge in [0.25, 0.3) is 0 Å². The van der Waals surface area contributed by atoms with E-state index < -0.39 is 11.4 Å². The summed E-state index contributed by atoms with van der Waals surface area (Å²) in [6, 6.07) is 8.51. The van der Waals surface area contributed by atoms with Gasteiger partial charge in [-0.1, -0.05) is 76.9 Å². The lowest BCUT2D eigenvalue weighted by Gasteiger charge is -2.29. The Morgan fingerprint density at radius 1 is 0.741 bits per heavy atom. The van der Waals surface area contributed by atoms with E-state index >= 15 is 0 Å². The Kier molecular flexibility index (Phi) is 4.92. The van der Waals surface area contributed by atoms with E-state index in [2.05, 4.69) is 79.7 Å². The zero-order valence-electron chi connectivity index (χ0n) is 17.6. The van der Waals surface area contributed by atoms with E-state index in [1.807, 2.05) is 0 Å². The molecular weight excluding hydrogens is 356 g/mol. The minimum absolute atomic E-state index is 0.120. The molecule has 2 aromatic rings. The Balaban J connectivity index is 2.27. The van der Waals surface area contributed by atoms with Crippen LogP contribution >= 0.6 is 0 Å². The summed E-state index contributed by atoms with van der Waals surface area (Å²) in [5.74, 6) is 1.38. The third kappa shape index (κ3) is 4.06. The summed E-state index contributed by atoms with van der Waals surface area (Å²) >= 11 is -1.89. The number of fused-ring (bicyclic) bond motifs is 2. The van der Waals surface area contributed by atoms with Crippen LogP contribution in [0.5, 0.6) is 11.5 Å². The first-order chi connectivity index (χ1) is 12.4. The van der Waals surface area contributed by atoms with Crippen molar-refractivity contribution >= 4 is 11.4 Å². The second-order valence-electron chi connectivity index (χ2n) is 9.65. The van der Waals surface area contributed by atoms with Crippen LogP contribution in [0.25, 0.3) is 0 Å². The molecule has 2 aromatic carbocycles. The lowest BCUT2D eigenvalue weighted by molar-refractivity contribution is 0.432. The molecule has 0 saturated carbocycles. The summed E-state index contributed by atoms with van der Waals surface area (Å²) in [6.45, 7) is 17.0. The lowest BCUT2D eigenvalue weighted by Crippen LogP contribution is -2.22. The monoisotopic (exact) mass is 386 g/mol. The molecule has 0 aliphatic carbocycles. The maximum absolute atomic E-state index is 12.8. The summed E-state index contributed by atoms with van der Waals surface area (Å²) in [5.41, 5.74) is 6.35. The summed E-state index contributed by atoms with van der Waals surface area (Å²) in [5, 5.41) is 0. The molecule has 27 heavy (non-hydrogen) atoms. The molecule has 0 N–H and O–H groups in total. The average molecular weight is 387 g/mol. The maximum Gasteiger partial charge on any atom is 0.417 e. The van der Waals surface area contributed by atoms with Crippen molar-refractivity contribution in [3.63, 3.8) is 0 Å². The van der Waals surface area contributed by atoms with Gasteiger partial charge in [0, 0.05) is 28.7 Å². The Hall–Kier alpha value is -1.81. The third-order valence-electron chi connectivity index (χ3n) is 4.92. The summed E-state index contributed by atoms with van der Waals surface area (Å²) in [4.78, 5) is 0. The second kappa shape index (κ2) is 6.66. The Labute approximate surface area is 166 Å². The minimum Gasteiger partial charge on any atom is -0.371 e. The molecule has 0 unspecified atom stereocenters. The first kappa shape index (κ1) is 19.9. The molecule has 0 atom stereocenters. The molecule has 1 aliphatic rings. The van der Waals surface area contributed by atoms with Crippen molar-refractivity contribution < 1.29 is 12.6 Å². The summed E-state index contributed by atoms with van der Waals surface area (Å²) < 4.78 is 24.5. The first-order valence-corrected chi connectivity index (χ1v) is 10.4. The zero-order valence-corrected chi connectivity index (χ0v) is 18.5. The van der Waals surface area contributed by atoms with Crippen molar-refractivity contribution in [2.24, 2.45) is 0 Å². The molecule has 0 aromatic heterocycles. The molecule has 0 saturated heterocycles. The maximum atomic E-state index is 12.8. The smallest absolute Gasteiger partial charge is 0.371 e. The van der Waals surface area contributed by atoms with Gasteiger partial charge in [-0.25, -0.2) is 0 Å². The number of benzene rings is 2. The third-order valence-corrected chi connectivity index (χ3v) is 5.53. The highest BCUT2D eigenvalue weighted by Crippen LogP contribution is 2.42. The van der Waals surface area contributed by atoms with E-state index in [1.165, 1.54) is 11.1 Å². The van der Waals surface area contributed by atoms with Crippen LogP contribution in [0.2, 0.25) is 0 Å². The molecule has 0 amide bonds. The van der Waals surface area contributed by atoms with Gasteiger partial charge >= 0.3 is 11.4 Å². The van der Waals surface area contributed by atoms with Crippen LogP contribution in [0.4, 0.5) is 0 Å². The fourth-order valence-corrected chi connectivity index (χ4v) is 4.33. The van der Waals surface area contributed by atoms with Crippen LogP contribution in [0, 0.1) is 13.8 Å². The molecule has 3 nitrogen and oxygen atoms in total. The number of hydrogen-bond acceptors (Lipinski definition) is 3. The Morgan fingerprint density at radius 3 is 1.44 bits per heavy atom. The Bertz CT molecular complexity index is 841. The van der Waals surface area contributed by atoms with Gasteiger partial charge in [-0.05, 0) is 24.7 Å². The standard InChI is InChI=1S/C23H30O3S/c1-14-9-16-13-17-10-15(2)12-19(23(6,7)8)21(17)26-27(24)25-20(16)18(11-14)22(3,4)5/h9-12H,13H2,1-8H3. The second-order valence-corrected chi connectivity index (χ2v) is 10.4. The van der Waals surface area contributed by atoms with Gasteiger partial charge in [0.2, 0.25) is 0 Å². The van der Waals surface area contributed by atoms with E-state index in [9.17, 15) is 4.21 Å². The van der Waals surface area contributed by atoms with Gasteiger partial charge < -0.3 is 8.37 Å². The van der Waals surface area contributed by atoms with Crippen molar-refractivity contribution in [1.82, 2.24) is 0 Å². The largest absolute Gasteiger partial charge is 0.417 e. The van der Waals surface area contributed by atoms with Gasteiger partial charge in [-0.2, -0.15) is 4.21 Å². The van der Waals surface area contributed by atoms with Gasteiger partial charge in [0.1, 0.15) is 0 Å². The van der Waals surface area contributed by atoms with E-state index in [-0.39, 0.29) is 10.8 Å². The van der Waals surface area contributed by atoms with Crippen LogP contribution in [-0.2, 0) is 28.6 Å². The minimum atomic E-state index is -1.89. The molecule has 0 radical (unpaired) electrons. The van der Waals surface area contributed by atoms with Gasteiger partial charge in [-0.3, -0.25) is 0 Å². The summed E-state index contributed by atoms with van der Waals surface area (Å²) in [6.07, 6.45) is 0.692. The van der Waals surface area contributed by atoms with Gasteiger partial charge in [-0.15, -0.1) is 0 Å². The summed E-state index contributed by atoms with van der Waals surface area (Å²) in [7, 11) is 0. The van der Waals surface area contributed by atoms with Crippen LogP contribution in [0.15, 0.2) is 24.3 Å². The molecule has 4 heteroatoms. The van der Waals surface area contributed by atoms with Crippen molar-refractivity contribution in [3.8, 4) is 11.5 Å². The fourth-order valence-electron chi connectivity index (χ4n) is 3.63. The van der Waals surface area contributed by atoms with Crippen LogP contribution in [0.3, 0.4) is 0 Å². The van der Waals surface area contributed by atoms with Gasteiger partial charge in [0.05, 0.1) is 0 Å². The molecule has 0 fully saturated rings. The number of hydrogen-bond donors (Lipinski definition) is 0. The van der Waals surface area contributed by atoms with Crippen LogP contribution in [-0.4, -0.2) is 4.21 Å². The van der Waals surface area contributed by atoms with E-state index in [0.29, 0.717) is 17.9 Å². The average Bonchev–Trinajstić information content (AvgIpc) is 2.48. The zero-order chi connectivity index (χ0) is 20.1. The SMILES string of the molecule is Cc1cc2c(c(C(C)(C)C)c1)OS(=O)Oc1c(cc(C)cc1C(C)(C)C)C2. The topological polar surface area (TPSA) is 35.5 Å². The van der Waals surface area contributed by atoms with Crippen LogP contribution < -0.4 is 8.37 Å². The van der Waals surface area contributed by atoms with E-state index in [4.69, 9.17) is 8.37 Å². The van der Waals surface area contributed by atoms with Crippen molar-refractivity contribution in [2.75, 3.05) is 0 Å². The highest BCUT2D eigenvalue weighted by atomic mass is 32.2.